The van der Waals surface area contributed by atoms with Gasteiger partial charge in [0.2, 0.25) is 5.91 Å². The van der Waals surface area contributed by atoms with Crippen molar-refractivity contribution < 1.29 is 24.5 Å². The number of unbranched alkanes of at least 4 members (excludes halogenated alkanes) is 50. The largest absolute Gasteiger partial charge is 0.466 e. The van der Waals surface area contributed by atoms with Gasteiger partial charge in [0.15, 0.2) is 0 Å². The number of carbonyl (C=O) groups excluding carboxylic acids is 2. The second kappa shape index (κ2) is 66.6. The zero-order valence-electron chi connectivity index (χ0n) is 52.0. The Morgan fingerprint density at radius 3 is 1.01 bits per heavy atom. The van der Waals surface area contributed by atoms with E-state index in [1.165, 1.54) is 302 Å². The predicted octanol–water partition coefficient (Wildman–Crippen LogP) is 22.3. The van der Waals surface area contributed by atoms with E-state index >= 15 is 0 Å². The molecule has 0 fully saturated rings. The molecule has 0 aromatic carbocycles. The number of nitrogens with one attached hydrogen (secondary N) is 1. The van der Waals surface area contributed by atoms with Gasteiger partial charge >= 0.3 is 5.97 Å². The highest BCUT2D eigenvalue weighted by Gasteiger charge is 2.18. The summed E-state index contributed by atoms with van der Waals surface area (Å²) in [5.74, 6) is -0.0596. The van der Waals surface area contributed by atoms with Gasteiger partial charge in [-0.25, -0.2) is 0 Å². The third-order valence-corrected chi connectivity index (χ3v) is 16.2. The Labute approximate surface area is 481 Å². The van der Waals surface area contributed by atoms with Crippen molar-refractivity contribution in [2.45, 2.75) is 392 Å². The van der Waals surface area contributed by atoms with Gasteiger partial charge in [-0.2, -0.15) is 0 Å². The standard InChI is InChI=1S/C71H135NO5/c1-3-5-7-9-11-13-15-17-19-21-23-24-28-31-35-39-43-47-51-55-59-63-69(74)68(67-73)72-70(75)64-60-56-52-48-44-40-36-32-29-25-26-30-34-38-42-46-50-54-58-62-66-77-71(76)65-61-57-53-49-45-41-37-33-27-22-20-18-16-14-12-10-8-6-4-2/h12,14,18,20,59,63,68-69,73-74H,3-11,13,15-17,19,21-58,60-62,64-67H2,1-2H3,(H,72,75)/b14-12-,20-18-,63-59+. The first kappa shape index (κ1) is 75.1. The SMILES string of the molecule is CCCCC/C=C\C/C=C\CCCCCCCCCCCC(=O)OCCCCCCCCCCCCCCCCCCCCCCC(=O)NC(CO)C(O)/C=C/CCCCCCCCCCCCCCCCCCCCC. The summed E-state index contributed by atoms with van der Waals surface area (Å²) in [5.41, 5.74) is 0. The lowest BCUT2D eigenvalue weighted by atomic mass is 10.0. The fourth-order valence-corrected chi connectivity index (χ4v) is 10.8. The minimum Gasteiger partial charge on any atom is -0.466 e. The molecule has 6 heteroatoms. The van der Waals surface area contributed by atoms with Crippen molar-refractivity contribution in [2.75, 3.05) is 13.2 Å². The lowest BCUT2D eigenvalue weighted by Gasteiger charge is -2.20. The van der Waals surface area contributed by atoms with Crippen LogP contribution >= 0.6 is 0 Å². The fourth-order valence-electron chi connectivity index (χ4n) is 10.8. The quantitative estimate of drug-likeness (QED) is 0.0320. The molecule has 0 aliphatic rings. The number of hydrogen-bond acceptors (Lipinski definition) is 5. The predicted molar refractivity (Wildman–Crippen MR) is 338 cm³/mol. The van der Waals surface area contributed by atoms with Crippen LogP contribution in [0.5, 0.6) is 0 Å². The molecule has 0 saturated heterocycles. The zero-order valence-corrected chi connectivity index (χ0v) is 52.0. The number of carbonyl (C=O) groups is 2. The Hall–Kier alpha value is -1.92. The van der Waals surface area contributed by atoms with Crippen molar-refractivity contribution in [3.63, 3.8) is 0 Å². The van der Waals surface area contributed by atoms with E-state index in [-0.39, 0.29) is 18.5 Å². The maximum atomic E-state index is 12.5. The maximum Gasteiger partial charge on any atom is 0.305 e. The molecule has 77 heavy (non-hydrogen) atoms. The van der Waals surface area contributed by atoms with E-state index in [1.54, 1.807) is 6.08 Å². The van der Waals surface area contributed by atoms with Gasteiger partial charge in [-0.3, -0.25) is 9.59 Å². The monoisotopic (exact) mass is 1080 g/mol. The van der Waals surface area contributed by atoms with Crippen LogP contribution in [0.1, 0.15) is 380 Å². The molecule has 0 aromatic rings. The molecule has 3 N–H and O–H groups in total. The minimum atomic E-state index is -0.847. The molecular weight excluding hydrogens is 947 g/mol. The van der Waals surface area contributed by atoms with Crippen LogP contribution in [-0.2, 0) is 14.3 Å². The average Bonchev–Trinajstić information content (AvgIpc) is 3.43. The highest BCUT2D eigenvalue weighted by atomic mass is 16.5. The molecule has 454 valence electrons. The summed E-state index contributed by atoms with van der Waals surface area (Å²) < 4.78 is 5.50. The molecule has 0 spiro atoms. The molecule has 2 atom stereocenters. The van der Waals surface area contributed by atoms with E-state index in [0.29, 0.717) is 19.4 Å². The highest BCUT2D eigenvalue weighted by molar-refractivity contribution is 5.76. The van der Waals surface area contributed by atoms with Crippen molar-refractivity contribution in [3.8, 4) is 0 Å². The first-order valence-electron chi connectivity index (χ1n) is 34.8. The summed E-state index contributed by atoms with van der Waals surface area (Å²) in [6.45, 7) is 4.91. The number of esters is 1. The Morgan fingerprint density at radius 1 is 0.364 bits per heavy atom. The molecule has 0 aliphatic heterocycles. The van der Waals surface area contributed by atoms with Crippen LogP contribution in [0.2, 0.25) is 0 Å². The van der Waals surface area contributed by atoms with E-state index in [0.717, 1.165) is 51.4 Å². The molecule has 0 saturated carbocycles. The molecule has 0 rings (SSSR count). The Morgan fingerprint density at radius 2 is 0.649 bits per heavy atom. The molecule has 0 heterocycles. The topological polar surface area (TPSA) is 95.9 Å². The highest BCUT2D eigenvalue weighted by Crippen LogP contribution is 2.18. The Balaban J connectivity index is 3.41. The number of rotatable bonds is 65. The van der Waals surface area contributed by atoms with Crippen molar-refractivity contribution in [3.05, 3.63) is 36.5 Å². The van der Waals surface area contributed by atoms with E-state index in [4.69, 9.17) is 4.74 Å². The number of aliphatic hydroxyl groups is 2. The first-order valence-corrected chi connectivity index (χ1v) is 34.8. The van der Waals surface area contributed by atoms with Gasteiger partial charge in [-0.15, -0.1) is 0 Å². The number of hydrogen-bond donors (Lipinski definition) is 3. The minimum absolute atomic E-state index is 0.00681. The maximum absolute atomic E-state index is 12.5. The second-order valence-electron chi connectivity index (χ2n) is 23.9. The summed E-state index contributed by atoms with van der Waals surface area (Å²) in [7, 11) is 0. The Kier molecular flexibility index (Phi) is 64.9. The zero-order chi connectivity index (χ0) is 55.7. The summed E-state index contributed by atoms with van der Waals surface area (Å²) in [5, 5.41) is 23.2. The molecular formula is C71H135NO5. The van der Waals surface area contributed by atoms with Crippen molar-refractivity contribution in [2.24, 2.45) is 0 Å². The van der Waals surface area contributed by atoms with E-state index in [9.17, 15) is 19.8 Å². The van der Waals surface area contributed by atoms with Gasteiger partial charge in [0.1, 0.15) is 0 Å². The van der Waals surface area contributed by atoms with Crippen LogP contribution in [0.3, 0.4) is 0 Å². The fraction of sp³-hybridized carbons (Fsp3) is 0.887. The molecule has 2 unspecified atom stereocenters. The lowest BCUT2D eigenvalue weighted by Crippen LogP contribution is -2.45. The van der Waals surface area contributed by atoms with E-state index in [2.05, 4.69) is 43.5 Å². The van der Waals surface area contributed by atoms with Gasteiger partial charge < -0.3 is 20.3 Å². The third kappa shape index (κ3) is 63.1. The summed E-state index contributed by atoms with van der Waals surface area (Å²) >= 11 is 0. The van der Waals surface area contributed by atoms with Crippen LogP contribution < -0.4 is 5.32 Å². The van der Waals surface area contributed by atoms with Gasteiger partial charge in [-0.05, 0) is 64.2 Å². The number of aliphatic hydroxyl groups excluding tert-OH is 2. The number of allylic oxidation sites excluding steroid dienone is 5. The van der Waals surface area contributed by atoms with E-state index < -0.39 is 12.1 Å². The molecule has 6 nitrogen and oxygen atoms in total. The summed E-state index contributed by atoms with van der Waals surface area (Å²) in [6.07, 6.45) is 84.9. The Bertz CT molecular complexity index is 1250. The van der Waals surface area contributed by atoms with Gasteiger partial charge in [0.05, 0.1) is 25.4 Å². The molecule has 0 aromatic heterocycles. The van der Waals surface area contributed by atoms with Gasteiger partial charge in [0, 0.05) is 12.8 Å². The number of amides is 1. The van der Waals surface area contributed by atoms with Crippen LogP contribution in [0.25, 0.3) is 0 Å². The van der Waals surface area contributed by atoms with E-state index in [1.807, 2.05) is 6.08 Å². The summed E-state index contributed by atoms with van der Waals surface area (Å²) in [4.78, 5) is 24.6. The molecule has 0 aliphatic carbocycles. The van der Waals surface area contributed by atoms with Crippen molar-refractivity contribution in [1.82, 2.24) is 5.32 Å². The second-order valence-corrected chi connectivity index (χ2v) is 23.9. The lowest BCUT2D eigenvalue weighted by molar-refractivity contribution is -0.143. The van der Waals surface area contributed by atoms with Gasteiger partial charge in [0.25, 0.3) is 0 Å². The van der Waals surface area contributed by atoms with Gasteiger partial charge in [-0.1, -0.05) is 339 Å². The number of ether oxygens (including phenoxy) is 1. The van der Waals surface area contributed by atoms with Crippen LogP contribution in [0.4, 0.5) is 0 Å². The molecule has 0 bridgehead atoms. The smallest absolute Gasteiger partial charge is 0.305 e. The van der Waals surface area contributed by atoms with Crippen molar-refractivity contribution >= 4 is 11.9 Å². The first-order chi connectivity index (χ1) is 38.0. The molecule has 1 amide bonds. The average molecular weight is 1080 g/mol. The molecule has 0 radical (unpaired) electrons. The summed E-state index contributed by atoms with van der Waals surface area (Å²) in [6, 6.07) is -0.631. The van der Waals surface area contributed by atoms with Crippen LogP contribution in [0, 0.1) is 0 Å². The third-order valence-electron chi connectivity index (χ3n) is 16.2. The normalized spacial score (nSPS) is 12.7. The van der Waals surface area contributed by atoms with Crippen molar-refractivity contribution in [1.29, 1.82) is 0 Å². The van der Waals surface area contributed by atoms with Crippen LogP contribution in [0.15, 0.2) is 36.5 Å². The van der Waals surface area contributed by atoms with Crippen LogP contribution in [-0.4, -0.2) is 47.4 Å².